The number of aliphatic hydroxyl groups excluding tert-OH is 1. The summed E-state index contributed by atoms with van der Waals surface area (Å²) < 4.78 is 42.0. The molecular weight excluding hydrogens is 476 g/mol. The lowest BCUT2D eigenvalue weighted by Crippen LogP contribution is -2.41. The number of ether oxygens (including phenoxy) is 3. The van der Waals surface area contributed by atoms with Gasteiger partial charge in [0.15, 0.2) is 21.3 Å². The Balaban J connectivity index is 1.17. The second-order valence-corrected chi connectivity index (χ2v) is 10.8. The Labute approximate surface area is 204 Å². The van der Waals surface area contributed by atoms with Gasteiger partial charge in [-0.25, -0.2) is 13.2 Å². The summed E-state index contributed by atoms with van der Waals surface area (Å²) in [4.78, 5) is 12.5. The van der Waals surface area contributed by atoms with Crippen LogP contribution in [0.25, 0.3) is 0 Å². The zero-order valence-electron chi connectivity index (χ0n) is 19.3. The van der Waals surface area contributed by atoms with Crippen molar-refractivity contribution in [1.82, 2.24) is 10.2 Å². The highest BCUT2D eigenvalue weighted by molar-refractivity contribution is 7.92. The normalized spacial score (nSPS) is 16.8. The monoisotopic (exact) mass is 506 g/mol. The number of rotatable bonds is 10. The number of likely N-dealkylation sites (tertiary alicyclic amines) is 1. The number of nitrogens with zero attached hydrogens (tertiary/aromatic N) is 1. The summed E-state index contributed by atoms with van der Waals surface area (Å²) in [7, 11) is -3.49. The number of sulfone groups is 1. The topological polar surface area (TPSA) is 135 Å². The predicted octanol–water partition coefficient (Wildman–Crippen LogP) is 1.90. The molecule has 0 bridgehead atoms. The molecule has 0 aromatic heterocycles. The van der Waals surface area contributed by atoms with Crippen molar-refractivity contribution < 1.29 is 37.6 Å². The van der Waals surface area contributed by atoms with Crippen LogP contribution >= 0.6 is 0 Å². The summed E-state index contributed by atoms with van der Waals surface area (Å²) in [6.45, 7) is 1.75. The zero-order chi connectivity index (χ0) is 24.8. The fourth-order valence-corrected chi connectivity index (χ4v) is 5.85. The molecule has 4 rings (SSSR count). The van der Waals surface area contributed by atoms with Crippen LogP contribution < -0.4 is 19.5 Å². The molecule has 2 aliphatic heterocycles. The van der Waals surface area contributed by atoms with Gasteiger partial charge >= 0.3 is 6.09 Å². The highest BCUT2D eigenvalue weighted by Gasteiger charge is 2.32. The number of hydrogen-bond acceptors (Lipinski definition) is 8. The summed E-state index contributed by atoms with van der Waals surface area (Å²) in [5.74, 6) is 1.89. The number of piperidine rings is 1. The molecule has 0 radical (unpaired) electrons. The molecule has 2 aliphatic rings. The van der Waals surface area contributed by atoms with Crippen LogP contribution in [-0.2, 0) is 16.3 Å². The Morgan fingerprint density at radius 2 is 1.83 bits per heavy atom. The molecule has 1 amide bonds. The van der Waals surface area contributed by atoms with Gasteiger partial charge in [0, 0.05) is 25.7 Å². The van der Waals surface area contributed by atoms with Crippen molar-refractivity contribution in [3.63, 3.8) is 0 Å². The van der Waals surface area contributed by atoms with Gasteiger partial charge in [-0.3, -0.25) is 0 Å². The number of fused-ring (bicyclic) bond motifs is 1. The van der Waals surface area contributed by atoms with Crippen LogP contribution in [0.4, 0.5) is 4.79 Å². The van der Waals surface area contributed by atoms with E-state index in [4.69, 9.17) is 19.3 Å². The Morgan fingerprint density at radius 1 is 1.11 bits per heavy atom. The first-order valence-electron chi connectivity index (χ1n) is 11.5. The summed E-state index contributed by atoms with van der Waals surface area (Å²) >= 11 is 0. The lowest BCUT2D eigenvalue weighted by molar-refractivity contribution is 0.106. The van der Waals surface area contributed by atoms with Gasteiger partial charge in [-0.15, -0.1) is 0 Å². The summed E-state index contributed by atoms with van der Waals surface area (Å²) in [5.41, 5.74) is 0.975. The molecule has 2 aromatic rings. The molecule has 1 fully saturated rings. The van der Waals surface area contributed by atoms with E-state index in [-0.39, 0.29) is 31.4 Å². The van der Waals surface area contributed by atoms with Crippen molar-refractivity contribution in [3.8, 4) is 17.2 Å². The minimum atomic E-state index is -3.49. The highest BCUT2D eigenvalue weighted by atomic mass is 32.2. The maximum Gasteiger partial charge on any atom is 0.407 e. The van der Waals surface area contributed by atoms with Gasteiger partial charge in [-0.05, 0) is 55.6 Å². The van der Waals surface area contributed by atoms with Crippen molar-refractivity contribution in [2.24, 2.45) is 0 Å². The first kappa shape index (κ1) is 25.1. The second-order valence-electron chi connectivity index (χ2n) is 8.59. The van der Waals surface area contributed by atoms with Gasteiger partial charge in [0.1, 0.15) is 18.5 Å². The average Bonchev–Trinajstić information content (AvgIpc) is 3.34. The molecule has 35 heavy (non-hydrogen) atoms. The minimum absolute atomic E-state index is 0.130. The van der Waals surface area contributed by atoms with Crippen molar-refractivity contribution >= 4 is 15.9 Å². The Bertz CT molecular complexity index is 1110. The molecule has 2 aromatic carbocycles. The van der Waals surface area contributed by atoms with Gasteiger partial charge in [0.2, 0.25) is 6.79 Å². The van der Waals surface area contributed by atoms with E-state index in [1.807, 2.05) is 0 Å². The van der Waals surface area contributed by atoms with Gasteiger partial charge in [-0.2, -0.15) is 0 Å². The molecule has 0 unspecified atom stereocenters. The number of benzene rings is 2. The molecule has 1 atom stereocenters. The molecule has 1 saturated heterocycles. The molecule has 3 N–H and O–H groups in total. The van der Waals surface area contributed by atoms with E-state index < -0.39 is 27.3 Å². The quantitative estimate of drug-likeness (QED) is 0.413. The van der Waals surface area contributed by atoms with Crippen LogP contribution in [0.5, 0.6) is 17.2 Å². The third kappa shape index (κ3) is 6.36. The fourth-order valence-electron chi connectivity index (χ4n) is 4.12. The molecule has 11 heteroatoms. The van der Waals surface area contributed by atoms with Crippen LogP contribution in [-0.4, -0.2) is 80.6 Å². The second kappa shape index (κ2) is 11.1. The maximum atomic E-state index is 12.9. The Morgan fingerprint density at radius 3 is 2.54 bits per heavy atom. The zero-order valence-corrected chi connectivity index (χ0v) is 20.1. The van der Waals surface area contributed by atoms with E-state index in [1.54, 1.807) is 42.5 Å². The van der Waals surface area contributed by atoms with Crippen molar-refractivity contribution in [1.29, 1.82) is 0 Å². The van der Waals surface area contributed by atoms with E-state index in [9.17, 15) is 18.3 Å². The molecule has 10 nitrogen and oxygen atoms in total. The molecular formula is C24H30N2O8S. The smallest absolute Gasteiger partial charge is 0.407 e. The minimum Gasteiger partial charge on any atom is -0.491 e. The maximum absolute atomic E-state index is 12.9. The fraction of sp³-hybridized carbons (Fsp3) is 0.458. The van der Waals surface area contributed by atoms with Gasteiger partial charge in [-0.1, -0.05) is 12.1 Å². The number of amides is 1. The number of carboxylic acid groups (broad SMARTS) is 1. The van der Waals surface area contributed by atoms with E-state index in [2.05, 4.69) is 5.32 Å². The highest BCUT2D eigenvalue weighted by Crippen LogP contribution is 2.35. The van der Waals surface area contributed by atoms with Crippen LogP contribution in [0.2, 0.25) is 0 Å². The predicted molar refractivity (Wildman–Crippen MR) is 127 cm³/mol. The van der Waals surface area contributed by atoms with Gasteiger partial charge in [0.25, 0.3) is 0 Å². The van der Waals surface area contributed by atoms with E-state index in [0.717, 1.165) is 5.56 Å². The average molecular weight is 507 g/mol. The summed E-state index contributed by atoms with van der Waals surface area (Å²) in [5, 5.41) is 21.8. The Kier molecular flexibility index (Phi) is 7.99. The van der Waals surface area contributed by atoms with Crippen LogP contribution in [0.15, 0.2) is 47.4 Å². The SMILES string of the molecule is O=C(O)N1CCC(S(=O)(=O)c2ccc(CCNC[C@H](O)COc3ccc4c(c3)OCO4)cc2)CC1. The third-order valence-corrected chi connectivity index (χ3v) is 8.44. The molecule has 0 aliphatic carbocycles. The van der Waals surface area contributed by atoms with Crippen LogP contribution in [0.1, 0.15) is 18.4 Å². The third-order valence-electron chi connectivity index (χ3n) is 6.16. The van der Waals surface area contributed by atoms with Crippen LogP contribution in [0, 0.1) is 0 Å². The lowest BCUT2D eigenvalue weighted by atomic mass is 10.1. The van der Waals surface area contributed by atoms with Crippen LogP contribution in [0.3, 0.4) is 0 Å². The van der Waals surface area contributed by atoms with E-state index in [0.29, 0.717) is 49.6 Å². The molecule has 0 saturated carbocycles. The first-order chi connectivity index (χ1) is 16.8. The van der Waals surface area contributed by atoms with Gasteiger partial charge in [0.05, 0.1) is 10.1 Å². The standard InChI is InChI=1S/C24H30N2O8S/c27-18(15-32-19-3-6-22-23(13-19)34-16-33-22)14-25-10-7-17-1-4-20(5-2-17)35(30,31)21-8-11-26(12-9-21)24(28)29/h1-6,13,18,21,25,27H,7-12,14-16H2,(H,28,29)/t18-/m0/s1. The van der Waals surface area contributed by atoms with E-state index >= 15 is 0 Å². The molecule has 0 spiro atoms. The van der Waals surface area contributed by atoms with Crippen molar-refractivity contribution in [2.45, 2.75) is 35.5 Å². The van der Waals surface area contributed by atoms with Crippen molar-refractivity contribution in [2.75, 3.05) is 39.6 Å². The van der Waals surface area contributed by atoms with Gasteiger partial charge < -0.3 is 34.6 Å². The molecule has 2 heterocycles. The largest absolute Gasteiger partial charge is 0.491 e. The lowest BCUT2D eigenvalue weighted by Gasteiger charge is -2.29. The van der Waals surface area contributed by atoms with E-state index in [1.165, 1.54) is 4.90 Å². The van der Waals surface area contributed by atoms with Crippen molar-refractivity contribution in [3.05, 3.63) is 48.0 Å². The number of nitrogens with one attached hydrogen (secondary N) is 1. The first-order valence-corrected chi connectivity index (χ1v) is 13.1. The molecule has 190 valence electrons. The number of hydrogen-bond donors (Lipinski definition) is 3. The number of carbonyl (C=O) groups is 1. The summed E-state index contributed by atoms with van der Waals surface area (Å²) in [6.07, 6.45) is -0.418. The number of aliphatic hydroxyl groups is 1. The summed E-state index contributed by atoms with van der Waals surface area (Å²) in [6, 6.07) is 12.1. The Hall–Kier alpha value is -3.02.